The quantitative estimate of drug-likeness (QED) is 0.184. The molecular weight excluding hydrogens is 576 g/mol. The molecule has 5 nitrogen and oxygen atoms in total. The van der Waals surface area contributed by atoms with Crippen LogP contribution in [-0.4, -0.2) is 16.1 Å². The Morgan fingerprint density at radius 3 is 2.04 bits per heavy atom. The number of hydrogen-bond donors (Lipinski definition) is 0. The van der Waals surface area contributed by atoms with Gasteiger partial charge < -0.3 is 14.2 Å². The largest absolute Gasteiger partial charge is 0.456 e. The minimum Gasteiger partial charge on any atom is -0.456 e. The summed E-state index contributed by atoms with van der Waals surface area (Å²) in [5.41, 5.74) is 6.91. The fraction of sp³-hybridized carbons (Fsp3) is 0.333. The van der Waals surface area contributed by atoms with Gasteiger partial charge in [-0.15, -0.1) is 0 Å². The van der Waals surface area contributed by atoms with Gasteiger partial charge >= 0.3 is 0 Å². The molecule has 47 heavy (non-hydrogen) atoms. The molecule has 244 valence electrons. The van der Waals surface area contributed by atoms with E-state index in [1.165, 1.54) is 30.5 Å². The first kappa shape index (κ1) is 33.7. The summed E-state index contributed by atoms with van der Waals surface area (Å²) in [4.78, 5) is 15.1. The number of fused-ring (bicyclic) bond motifs is 4. The smallest absolute Gasteiger partial charge is 0.178 e. The Hall–Kier alpha value is -4.64. The van der Waals surface area contributed by atoms with E-state index in [0.717, 1.165) is 56.9 Å². The van der Waals surface area contributed by atoms with Crippen LogP contribution in [0.25, 0.3) is 21.9 Å². The summed E-state index contributed by atoms with van der Waals surface area (Å²) in [6.45, 7) is 17.5. The molecule has 2 aromatic heterocycles. The zero-order chi connectivity index (χ0) is 33.6. The second kappa shape index (κ2) is 14.8. The number of nitrogens with zero attached hydrogens (tertiary/aromatic N) is 4. The van der Waals surface area contributed by atoms with Crippen LogP contribution in [0.3, 0.4) is 0 Å². The summed E-state index contributed by atoms with van der Waals surface area (Å²) in [6, 6.07) is 33.7. The lowest BCUT2D eigenvalue weighted by molar-refractivity contribution is 0.591. The highest BCUT2D eigenvalue weighted by molar-refractivity contribution is 6.06. The molecule has 1 aliphatic rings. The van der Waals surface area contributed by atoms with E-state index in [0.29, 0.717) is 0 Å². The minimum atomic E-state index is -0.449. The Morgan fingerprint density at radius 2 is 1.34 bits per heavy atom. The number of hydrogen-bond acceptors (Lipinski definition) is 5. The van der Waals surface area contributed by atoms with Crippen LogP contribution in [-0.2, 0) is 11.8 Å². The normalized spacial score (nSPS) is 14.0. The highest BCUT2D eigenvalue weighted by Crippen LogP contribution is 2.48. The average molecular weight is 627 g/mol. The van der Waals surface area contributed by atoms with Gasteiger partial charge in [0.15, 0.2) is 11.6 Å². The maximum absolute atomic E-state index is 6.43. The average Bonchev–Trinajstić information content (AvgIpc) is 3.63. The number of unbranched alkanes of at least 4 members (excludes halogenated alkanes) is 1. The van der Waals surface area contributed by atoms with Crippen molar-refractivity contribution in [3.05, 3.63) is 120 Å². The van der Waals surface area contributed by atoms with Gasteiger partial charge in [-0.1, -0.05) is 127 Å². The van der Waals surface area contributed by atoms with Crippen LogP contribution in [0.15, 0.2) is 108 Å². The summed E-state index contributed by atoms with van der Waals surface area (Å²) in [5, 5.41) is 2.25. The molecule has 1 atom stereocenters. The molecular formula is C42H50N4O. The number of anilines is 4. The van der Waals surface area contributed by atoms with Crippen molar-refractivity contribution in [1.82, 2.24) is 9.97 Å². The Balaban J connectivity index is 0.000000568. The summed E-state index contributed by atoms with van der Waals surface area (Å²) < 4.78 is 6.43. The number of benzene rings is 4. The van der Waals surface area contributed by atoms with Crippen LogP contribution < -0.4 is 9.80 Å². The van der Waals surface area contributed by atoms with Crippen molar-refractivity contribution in [3.8, 4) is 0 Å². The fourth-order valence-electron chi connectivity index (χ4n) is 6.14. The molecule has 7 rings (SSSR count). The second-order valence-electron chi connectivity index (χ2n) is 12.7. The first-order valence-electron chi connectivity index (χ1n) is 17.3. The lowest BCUT2D eigenvalue weighted by Crippen LogP contribution is -2.36. The first-order valence-corrected chi connectivity index (χ1v) is 17.3. The van der Waals surface area contributed by atoms with Gasteiger partial charge in [0, 0.05) is 33.1 Å². The maximum atomic E-state index is 6.43. The van der Waals surface area contributed by atoms with E-state index in [1.807, 2.05) is 18.3 Å². The Bertz CT molecular complexity index is 1910. The van der Waals surface area contributed by atoms with Crippen molar-refractivity contribution >= 4 is 44.9 Å². The van der Waals surface area contributed by atoms with Crippen LogP contribution >= 0.6 is 0 Å². The van der Waals surface area contributed by atoms with Crippen LogP contribution in [0.1, 0.15) is 91.5 Å². The number of rotatable bonds is 6. The summed E-state index contributed by atoms with van der Waals surface area (Å²) in [7, 11) is 0. The van der Waals surface area contributed by atoms with E-state index in [2.05, 4.69) is 150 Å². The molecule has 0 N–H and O–H groups in total. The van der Waals surface area contributed by atoms with E-state index in [-0.39, 0.29) is 6.17 Å². The Labute approximate surface area is 281 Å². The van der Waals surface area contributed by atoms with Gasteiger partial charge in [0.2, 0.25) is 0 Å². The third-order valence-corrected chi connectivity index (χ3v) is 8.82. The summed E-state index contributed by atoms with van der Waals surface area (Å²) >= 11 is 0. The standard InChI is InChI=1S/C35H32N4O.C4H10.C3H8/c1-5-24-14-9-11-20-29(24)39-23(2)38(25-15-7-6-8-16-25)34-33(39)36-22-31(37-34)35(3,4)28-19-13-18-27-26-17-10-12-21-30(26)40-32(27)28;1-3-4-2;1-3-2/h6-23H,5H2,1-4H3;3-4H2,1-2H3;3H2,1-2H3. The van der Waals surface area contributed by atoms with Gasteiger partial charge in [-0.2, -0.15) is 0 Å². The number of aryl methyl sites for hydroxylation is 1. The van der Waals surface area contributed by atoms with Gasteiger partial charge in [-0.05, 0) is 57.0 Å². The molecule has 0 amide bonds. The van der Waals surface area contributed by atoms with E-state index >= 15 is 0 Å². The molecule has 0 radical (unpaired) electrons. The van der Waals surface area contributed by atoms with Gasteiger partial charge in [0.05, 0.1) is 11.9 Å². The third kappa shape index (κ3) is 6.49. The molecule has 0 aliphatic carbocycles. The van der Waals surface area contributed by atoms with E-state index in [4.69, 9.17) is 14.4 Å². The Morgan fingerprint density at radius 1 is 0.702 bits per heavy atom. The SMILES string of the molecule is CCC.CCCC.CCc1ccccc1N1c2ncc(C(C)(C)c3cccc4c3oc3ccccc34)nc2N(c2ccccc2)C1C. The second-order valence-corrected chi connectivity index (χ2v) is 12.7. The summed E-state index contributed by atoms with van der Waals surface area (Å²) in [6.07, 6.45) is 6.78. The zero-order valence-corrected chi connectivity index (χ0v) is 29.4. The predicted molar refractivity (Wildman–Crippen MR) is 200 cm³/mol. The molecule has 0 saturated carbocycles. The van der Waals surface area contributed by atoms with Gasteiger partial charge in [-0.25, -0.2) is 9.97 Å². The topological polar surface area (TPSA) is 45.4 Å². The number of furan rings is 1. The fourth-order valence-corrected chi connectivity index (χ4v) is 6.14. The molecule has 4 aromatic carbocycles. The number of aromatic nitrogens is 2. The van der Waals surface area contributed by atoms with Crippen molar-refractivity contribution in [1.29, 1.82) is 0 Å². The van der Waals surface area contributed by atoms with E-state index in [9.17, 15) is 0 Å². The van der Waals surface area contributed by atoms with E-state index < -0.39 is 5.41 Å². The first-order chi connectivity index (χ1) is 22.8. The summed E-state index contributed by atoms with van der Waals surface area (Å²) in [5.74, 6) is 1.74. The lowest BCUT2D eigenvalue weighted by Gasteiger charge is -2.30. The van der Waals surface area contributed by atoms with Crippen LogP contribution in [0.5, 0.6) is 0 Å². The van der Waals surface area contributed by atoms with Crippen molar-refractivity contribution < 1.29 is 4.42 Å². The highest BCUT2D eigenvalue weighted by Gasteiger charge is 2.40. The monoisotopic (exact) mass is 626 g/mol. The van der Waals surface area contributed by atoms with Gasteiger partial charge in [0.25, 0.3) is 0 Å². The zero-order valence-electron chi connectivity index (χ0n) is 29.4. The molecule has 5 heteroatoms. The van der Waals surface area contributed by atoms with Crippen LogP contribution in [0.2, 0.25) is 0 Å². The van der Waals surface area contributed by atoms with Crippen molar-refractivity contribution in [2.45, 2.75) is 92.7 Å². The Kier molecular flexibility index (Phi) is 10.7. The van der Waals surface area contributed by atoms with Crippen molar-refractivity contribution in [2.75, 3.05) is 9.80 Å². The van der Waals surface area contributed by atoms with Crippen LogP contribution in [0.4, 0.5) is 23.0 Å². The van der Waals surface area contributed by atoms with Gasteiger partial charge in [-0.3, -0.25) is 0 Å². The molecule has 0 saturated heterocycles. The lowest BCUT2D eigenvalue weighted by atomic mass is 9.81. The van der Waals surface area contributed by atoms with Crippen molar-refractivity contribution in [3.63, 3.8) is 0 Å². The van der Waals surface area contributed by atoms with Crippen LogP contribution in [0, 0.1) is 0 Å². The molecule has 0 fully saturated rings. The molecule has 1 unspecified atom stereocenters. The van der Waals surface area contributed by atoms with Crippen molar-refractivity contribution in [2.24, 2.45) is 0 Å². The van der Waals surface area contributed by atoms with E-state index in [1.54, 1.807) is 0 Å². The molecule has 0 spiro atoms. The highest BCUT2D eigenvalue weighted by atomic mass is 16.3. The number of para-hydroxylation sites is 4. The maximum Gasteiger partial charge on any atom is 0.178 e. The van der Waals surface area contributed by atoms with Gasteiger partial charge in [0.1, 0.15) is 17.3 Å². The molecule has 0 bridgehead atoms. The minimum absolute atomic E-state index is 0.00210. The third-order valence-electron chi connectivity index (χ3n) is 8.82. The molecule has 3 heterocycles. The predicted octanol–water partition coefficient (Wildman–Crippen LogP) is 12.1. The molecule has 6 aromatic rings. The molecule has 1 aliphatic heterocycles.